The molecule has 94 valence electrons. The monoisotopic (exact) mass is 218 g/mol. The van der Waals surface area contributed by atoms with Crippen LogP contribution in [-0.4, -0.2) is 26.4 Å². The van der Waals surface area contributed by atoms with Crippen LogP contribution in [0.5, 0.6) is 0 Å². The van der Waals surface area contributed by atoms with Gasteiger partial charge >= 0.3 is 0 Å². The van der Waals surface area contributed by atoms with Crippen molar-refractivity contribution in [1.29, 1.82) is 0 Å². The van der Waals surface area contributed by atoms with Crippen molar-refractivity contribution < 1.29 is 9.47 Å². The molecule has 0 saturated heterocycles. The molecule has 15 heavy (non-hydrogen) atoms. The van der Waals surface area contributed by atoms with Crippen molar-refractivity contribution in [3.05, 3.63) is 0 Å². The zero-order valence-electron chi connectivity index (χ0n) is 11.2. The summed E-state index contributed by atoms with van der Waals surface area (Å²) in [6.07, 6.45) is 5.87. The molecule has 0 rings (SSSR count). The van der Waals surface area contributed by atoms with Crippen LogP contribution in [0.4, 0.5) is 0 Å². The molecule has 0 aromatic carbocycles. The first-order valence-corrected chi connectivity index (χ1v) is 6.48. The highest BCUT2D eigenvalue weighted by molar-refractivity contribution is 4.30. The van der Waals surface area contributed by atoms with Gasteiger partial charge in [-0.25, -0.2) is 0 Å². The van der Waals surface area contributed by atoms with Gasteiger partial charge in [0.2, 0.25) is 0 Å². The quantitative estimate of drug-likeness (QED) is 0.544. The van der Waals surface area contributed by atoms with Gasteiger partial charge in [-0.05, 0) is 25.7 Å². The highest BCUT2D eigenvalue weighted by Gasteiger charge is 1.81. The number of unbranched alkanes of at least 4 members (excludes halogenated alkanes) is 1. The lowest BCUT2D eigenvalue weighted by Crippen LogP contribution is -1.93. The highest BCUT2D eigenvalue weighted by Crippen LogP contribution is 1.88. The molecule has 0 aromatic heterocycles. The minimum atomic E-state index is 0.924. The molecule has 0 radical (unpaired) electrons. The van der Waals surface area contributed by atoms with Crippen molar-refractivity contribution in [3.8, 4) is 0 Å². The third kappa shape index (κ3) is 24.9. The number of rotatable bonds is 9. The first-order chi connectivity index (χ1) is 7.33. The molecule has 0 heterocycles. The van der Waals surface area contributed by atoms with Crippen LogP contribution in [0.2, 0.25) is 0 Å². The Hall–Kier alpha value is -0.0800. The van der Waals surface area contributed by atoms with E-state index >= 15 is 0 Å². The molecule has 0 aliphatic heterocycles. The summed E-state index contributed by atoms with van der Waals surface area (Å²) in [5.74, 6) is 0. The maximum absolute atomic E-state index is 5.22. The molecule has 0 unspecified atom stereocenters. The van der Waals surface area contributed by atoms with Crippen molar-refractivity contribution in [3.63, 3.8) is 0 Å². The second-order valence-electron chi connectivity index (χ2n) is 3.58. The Labute approximate surface area is 96.4 Å². The fourth-order valence-corrected chi connectivity index (χ4v) is 0.884. The van der Waals surface area contributed by atoms with E-state index in [1.165, 1.54) is 12.8 Å². The van der Waals surface area contributed by atoms with Crippen molar-refractivity contribution in [2.24, 2.45) is 0 Å². The van der Waals surface area contributed by atoms with E-state index in [0.29, 0.717) is 0 Å². The topological polar surface area (TPSA) is 18.5 Å². The largest absolute Gasteiger partial charge is 0.381 e. The van der Waals surface area contributed by atoms with Crippen LogP contribution < -0.4 is 0 Å². The van der Waals surface area contributed by atoms with E-state index < -0.39 is 0 Å². The van der Waals surface area contributed by atoms with Crippen LogP contribution >= 0.6 is 0 Å². The molecule has 0 aliphatic carbocycles. The number of hydrogen-bond donors (Lipinski definition) is 0. The van der Waals surface area contributed by atoms with E-state index in [-0.39, 0.29) is 0 Å². The molecular weight excluding hydrogens is 188 g/mol. The maximum atomic E-state index is 5.22. The molecule has 2 nitrogen and oxygen atoms in total. The lowest BCUT2D eigenvalue weighted by Gasteiger charge is -1.97. The standard InChI is InChI=1S/C7H16O.C6H14O/c1-3-5-7-8-6-4-2;1-3-5-7-6-4-2/h3-7H2,1-2H3;3-6H2,1-2H3. The molecule has 0 bridgehead atoms. The van der Waals surface area contributed by atoms with Crippen molar-refractivity contribution >= 4 is 0 Å². The summed E-state index contributed by atoms with van der Waals surface area (Å²) in [7, 11) is 0. The van der Waals surface area contributed by atoms with Gasteiger partial charge in [-0.15, -0.1) is 0 Å². The summed E-state index contributed by atoms with van der Waals surface area (Å²) in [5, 5.41) is 0. The van der Waals surface area contributed by atoms with Crippen LogP contribution in [0.15, 0.2) is 0 Å². The molecule has 0 atom stereocenters. The Kier molecular flexibility index (Phi) is 22.5. The molecule has 0 aromatic rings. The molecule has 0 N–H and O–H groups in total. The minimum absolute atomic E-state index is 0.924. The second kappa shape index (κ2) is 19.5. The first-order valence-electron chi connectivity index (χ1n) is 6.48. The van der Waals surface area contributed by atoms with Gasteiger partial charge in [-0.1, -0.05) is 34.1 Å². The average Bonchev–Trinajstić information content (AvgIpc) is 2.26. The highest BCUT2D eigenvalue weighted by atomic mass is 16.5. The van der Waals surface area contributed by atoms with E-state index in [9.17, 15) is 0 Å². The Morgan fingerprint density at radius 2 is 0.933 bits per heavy atom. The molecular formula is C13H30O2. The molecule has 0 spiro atoms. The van der Waals surface area contributed by atoms with Crippen LogP contribution in [0.1, 0.15) is 59.8 Å². The Bertz CT molecular complexity index is 74.6. The van der Waals surface area contributed by atoms with E-state index in [1.54, 1.807) is 0 Å². The molecule has 0 amide bonds. The fraction of sp³-hybridized carbons (Fsp3) is 1.00. The van der Waals surface area contributed by atoms with Gasteiger partial charge in [0, 0.05) is 26.4 Å². The summed E-state index contributed by atoms with van der Waals surface area (Å²) >= 11 is 0. The summed E-state index contributed by atoms with van der Waals surface area (Å²) in [5.41, 5.74) is 0. The molecule has 0 aliphatic rings. The average molecular weight is 218 g/mol. The van der Waals surface area contributed by atoms with Gasteiger partial charge in [0.1, 0.15) is 0 Å². The molecule has 2 heteroatoms. The van der Waals surface area contributed by atoms with Gasteiger partial charge in [-0.2, -0.15) is 0 Å². The van der Waals surface area contributed by atoms with Crippen molar-refractivity contribution in [1.82, 2.24) is 0 Å². The van der Waals surface area contributed by atoms with E-state index in [0.717, 1.165) is 45.7 Å². The summed E-state index contributed by atoms with van der Waals surface area (Å²) in [6, 6.07) is 0. The van der Waals surface area contributed by atoms with Crippen LogP contribution in [-0.2, 0) is 9.47 Å². The van der Waals surface area contributed by atoms with Gasteiger partial charge in [0.15, 0.2) is 0 Å². The third-order valence-electron chi connectivity index (χ3n) is 1.69. The maximum Gasteiger partial charge on any atom is 0.0465 e. The zero-order valence-corrected chi connectivity index (χ0v) is 11.2. The first kappa shape index (κ1) is 17.3. The second-order valence-corrected chi connectivity index (χ2v) is 3.58. The predicted octanol–water partition coefficient (Wildman–Crippen LogP) is 4.04. The Morgan fingerprint density at radius 3 is 1.27 bits per heavy atom. The number of hydrogen-bond acceptors (Lipinski definition) is 2. The van der Waals surface area contributed by atoms with E-state index in [1.807, 2.05) is 0 Å². The van der Waals surface area contributed by atoms with E-state index in [4.69, 9.17) is 9.47 Å². The van der Waals surface area contributed by atoms with Crippen molar-refractivity contribution in [2.45, 2.75) is 59.8 Å². The smallest absolute Gasteiger partial charge is 0.0465 e. The normalized spacial score (nSPS) is 9.60. The lowest BCUT2D eigenvalue weighted by molar-refractivity contribution is 0.132. The summed E-state index contributed by atoms with van der Waals surface area (Å²) in [6.45, 7) is 12.3. The van der Waals surface area contributed by atoms with Gasteiger partial charge < -0.3 is 9.47 Å². The SMILES string of the molecule is CCCCOCCC.CCCOCCC. The van der Waals surface area contributed by atoms with Crippen LogP contribution in [0.25, 0.3) is 0 Å². The summed E-state index contributed by atoms with van der Waals surface area (Å²) in [4.78, 5) is 0. The number of ether oxygens (including phenoxy) is 2. The lowest BCUT2D eigenvalue weighted by atomic mass is 10.4. The zero-order chi connectivity index (χ0) is 11.8. The van der Waals surface area contributed by atoms with Crippen LogP contribution in [0, 0.1) is 0 Å². The minimum Gasteiger partial charge on any atom is -0.381 e. The van der Waals surface area contributed by atoms with E-state index in [2.05, 4.69) is 27.7 Å². The van der Waals surface area contributed by atoms with Crippen LogP contribution in [0.3, 0.4) is 0 Å². The predicted molar refractivity (Wildman–Crippen MR) is 67.4 cm³/mol. The van der Waals surface area contributed by atoms with Crippen molar-refractivity contribution in [2.75, 3.05) is 26.4 Å². The van der Waals surface area contributed by atoms with Gasteiger partial charge in [-0.3, -0.25) is 0 Å². The molecule has 0 fully saturated rings. The van der Waals surface area contributed by atoms with Gasteiger partial charge in [0.25, 0.3) is 0 Å². The Morgan fingerprint density at radius 1 is 0.533 bits per heavy atom. The fourth-order valence-electron chi connectivity index (χ4n) is 0.884. The van der Waals surface area contributed by atoms with Gasteiger partial charge in [0.05, 0.1) is 0 Å². The molecule has 0 saturated carbocycles. The Balaban J connectivity index is 0. The summed E-state index contributed by atoms with van der Waals surface area (Å²) < 4.78 is 10.4. The third-order valence-corrected chi connectivity index (χ3v) is 1.69.